The van der Waals surface area contributed by atoms with Gasteiger partial charge in [-0.2, -0.15) is 0 Å². The van der Waals surface area contributed by atoms with E-state index in [0.717, 1.165) is 17.8 Å². The Morgan fingerprint density at radius 1 is 1.16 bits per heavy atom. The summed E-state index contributed by atoms with van der Waals surface area (Å²) in [5.74, 6) is 2.51. The first kappa shape index (κ1) is 13.5. The van der Waals surface area contributed by atoms with Crippen molar-refractivity contribution in [3.63, 3.8) is 0 Å². The third kappa shape index (κ3) is 1.94. The van der Waals surface area contributed by atoms with E-state index in [1.807, 2.05) is 0 Å². The Labute approximate surface area is 117 Å². The molecule has 0 amide bonds. The molecule has 0 bridgehead atoms. The zero-order valence-corrected chi connectivity index (χ0v) is 13.1. The molecule has 0 radical (unpaired) electrons. The van der Waals surface area contributed by atoms with Crippen molar-refractivity contribution in [3.05, 3.63) is 0 Å². The average Bonchev–Trinajstić information content (AvgIpc) is 3.12. The van der Waals surface area contributed by atoms with Crippen LogP contribution in [-0.4, -0.2) is 12.6 Å². The van der Waals surface area contributed by atoms with E-state index >= 15 is 0 Å². The van der Waals surface area contributed by atoms with E-state index in [0.29, 0.717) is 17.4 Å². The Hall–Kier alpha value is -0.530. The molecule has 2 unspecified atom stereocenters. The van der Waals surface area contributed by atoms with Gasteiger partial charge in [0, 0.05) is 12.3 Å². The predicted octanol–water partition coefficient (Wildman–Crippen LogP) is 4.04. The van der Waals surface area contributed by atoms with Crippen LogP contribution in [0.4, 0.5) is 0 Å². The number of hydrogen-bond acceptors (Lipinski definition) is 2. The van der Waals surface area contributed by atoms with Crippen LogP contribution in [0.5, 0.6) is 0 Å². The quantitative estimate of drug-likeness (QED) is 0.716. The summed E-state index contributed by atoms with van der Waals surface area (Å²) in [6, 6.07) is 0. The fourth-order valence-electron chi connectivity index (χ4n) is 4.74. The molecule has 0 heterocycles. The van der Waals surface area contributed by atoms with Crippen LogP contribution in [0.25, 0.3) is 0 Å². The lowest BCUT2D eigenvalue weighted by Gasteiger charge is -2.36. The molecule has 2 heteroatoms. The number of carbonyl (C=O) groups excluding carboxylic acids is 1. The minimum absolute atomic E-state index is 0.137. The minimum atomic E-state index is -0.137. The van der Waals surface area contributed by atoms with Crippen LogP contribution < -0.4 is 0 Å². The maximum atomic E-state index is 10.9. The van der Waals surface area contributed by atoms with Crippen LogP contribution in [0.2, 0.25) is 0 Å². The van der Waals surface area contributed by atoms with E-state index in [9.17, 15) is 4.79 Å². The largest absolute Gasteiger partial charge is 0.465 e. The molecule has 3 aliphatic rings. The predicted molar refractivity (Wildman–Crippen MR) is 75.6 cm³/mol. The van der Waals surface area contributed by atoms with Crippen molar-refractivity contribution in [1.29, 1.82) is 0 Å². The van der Waals surface area contributed by atoms with Gasteiger partial charge in [-0.3, -0.25) is 4.79 Å². The van der Waals surface area contributed by atoms with Gasteiger partial charge in [-0.15, -0.1) is 0 Å². The summed E-state index contributed by atoms with van der Waals surface area (Å²) in [6.07, 6.45) is 5.47. The van der Waals surface area contributed by atoms with Gasteiger partial charge >= 0.3 is 5.97 Å². The highest BCUT2D eigenvalue weighted by atomic mass is 16.5. The summed E-state index contributed by atoms with van der Waals surface area (Å²) in [5, 5.41) is 0. The van der Waals surface area contributed by atoms with Gasteiger partial charge in [0.2, 0.25) is 0 Å². The highest BCUT2D eigenvalue weighted by molar-refractivity contribution is 5.65. The maximum absolute atomic E-state index is 10.9. The third-order valence-corrected chi connectivity index (χ3v) is 7.19. The van der Waals surface area contributed by atoms with E-state index < -0.39 is 0 Å². The monoisotopic (exact) mass is 264 g/mol. The molecular weight excluding hydrogens is 236 g/mol. The molecule has 0 aromatic carbocycles. The summed E-state index contributed by atoms with van der Waals surface area (Å²) in [6.45, 7) is 11.9. The van der Waals surface area contributed by atoms with E-state index in [-0.39, 0.29) is 11.4 Å². The normalized spacial score (nSPS) is 49.6. The molecule has 0 N–H and O–H groups in total. The van der Waals surface area contributed by atoms with Gasteiger partial charge in [0.25, 0.3) is 0 Å². The Morgan fingerprint density at radius 3 is 2.37 bits per heavy atom. The van der Waals surface area contributed by atoms with Crippen LogP contribution in [0.1, 0.15) is 60.3 Å². The summed E-state index contributed by atoms with van der Waals surface area (Å²) in [5.41, 5.74) is 1.40. The molecule has 0 saturated heterocycles. The van der Waals surface area contributed by atoms with Crippen molar-refractivity contribution in [3.8, 4) is 0 Å². The highest BCUT2D eigenvalue weighted by Gasteiger charge is 2.68. The SMILES string of the molecule is CC(=O)OCC1(C)CC1C[C@H]1C[C@@H]2C[C@]2(C)C1(C)C. The summed E-state index contributed by atoms with van der Waals surface area (Å²) >= 11 is 0. The van der Waals surface area contributed by atoms with Crippen molar-refractivity contribution in [2.45, 2.75) is 60.3 Å². The minimum Gasteiger partial charge on any atom is -0.465 e. The fraction of sp³-hybridized carbons (Fsp3) is 0.941. The number of rotatable bonds is 4. The van der Waals surface area contributed by atoms with Crippen LogP contribution in [0, 0.1) is 34.0 Å². The van der Waals surface area contributed by atoms with Gasteiger partial charge in [0.1, 0.15) is 0 Å². The van der Waals surface area contributed by atoms with Crippen LogP contribution >= 0.6 is 0 Å². The molecule has 0 spiro atoms. The number of fused-ring (bicyclic) bond motifs is 1. The first-order chi connectivity index (χ1) is 8.69. The number of ether oxygens (including phenoxy) is 1. The smallest absolute Gasteiger partial charge is 0.302 e. The zero-order valence-electron chi connectivity index (χ0n) is 13.1. The molecule has 2 nitrogen and oxygen atoms in total. The van der Waals surface area contributed by atoms with Crippen molar-refractivity contribution >= 4 is 5.97 Å². The second-order valence-electron chi connectivity index (χ2n) is 8.54. The Bertz CT molecular complexity index is 413. The van der Waals surface area contributed by atoms with Gasteiger partial charge in [-0.25, -0.2) is 0 Å². The lowest BCUT2D eigenvalue weighted by molar-refractivity contribution is -0.142. The Kier molecular flexibility index (Phi) is 2.67. The molecule has 3 aliphatic carbocycles. The first-order valence-electron chi connectivity index (χ1n) is 7.82. The van der Waals surface area contributed by atoms with Gasteiger partial charge in [0.05, 0.1) is 6.61 Å². The van der Waals surface area contributed by atoms with Crippen LogP contribution in [0.3, 0.4) is 0 Å². The number of carbonyl (C=O) groups is 1. The molecular formula is C17H28O2. The molecule has 5 atom stereocenters. The second kappa shape index (κ2) is 3.77. The number of esters is 1. The first-order valence-corrected chi connectivity index (χ1v) is 7.82. The molecule has 0 aliphatic heterocycles. The highest BCUT2D eigenvalue weighted by Crippen LogP contribution is 2.75. The standard InChI is InChI=1S/C17H28O2/c1-11(18)19-10-16(4)8-13(16)6-12-7-14-9-17(14,5)15(12,2)3/h12-14H,6-10H2,1-5H3/t12-,13?,14+,16?,17-/m0/s1. The van der Waals surface area contributed by atoms with E-state index in [2.05, 4.69) is 27.7 Å². The van der Waals surface area contributed by atoms with Crippen molar-refractivity contribution in [2.24, 2.45) is 34.0 Å². The molecule has 19 heavy (non-hydrogen) atoms. The maximum Gasteiger partial charge on any atom is 0.302 e. The van der Waals surface area contributed by atoms with Crippen molar-refractivity contribution in [2.75, 3.05) is 6.61 Å². The third-order valence-electron chi connectivity index (χ3n) is 7.19. The van der Waals surface area contributed by atoms with Crippen molar-refractivity contribution in [1.82, 2.24) is 0 Å². The fourth-order valence-corrected chi connectivity index (χ4v) is 4.74. The molecule has 3 saturated carbocycles. The van der Waals surface area contributed by atoms with Crippen LogP contribution in [0.15, 0.2) is 0 Å². The average molecular weight is 264 g/mol. The Morgan fingerprint density at radius 2 is 1.84 bits per heavy atom. The summed E-state index contributed by atoms with van der Waals surface area (Å²) in [7, 11) is 0. The van der Waals surface area contributed by atoms with Gasteiger partial charge in [-0.05, 0) is 54.3 Å². The van der Waals surface area contributed by atoms with E-state index in [1.165, 1.54) is 32.6 Å². The topological polar surface area (TPSA) is 26.3 Å². The summed E-state index contributed by atoms with van der Waals surface area (Å²) < 4.78 is 5.23. The van der Waals surface area contributed by atoms with Gasteiger partial charge < -0.3 is 4.74 Å². The molecule has 3 fully saturated rings. The molecule has 0 aromatic rings. The van der Waals surface area contributed by atoms with E-state index in [4.69, 9.17) is 4.74 Å². The number of hydrogen-bond donors (Lipinski definition) is 0. The van der Waals surface area contributed by atoms with Gasteiger partial charge in [0.15, 0.2) is 0 Å². The van der Waals surface area contributed by atoms with Crippen LogP contribution in [-0.2, 0) is 9.53 Å². The Balaban J connectivity index is 1.56. The lowest BCUT2D eigenvalue weighted by Crippen LogP contribution is -2.28. The molecule has 3 rings (SSSR count). The van der Waals surface area contributed by atoms with Gasteiger partial charge in [-0.1, -0.05) is 27.7 Å². The zero-order chi connectivity index (χ0) is 14.1. The summed E-state index contributed by atoms with van der Waals surface area (Å²) in [4.78, 5) is 10.9. The molecule has 108 valence electrons. The second-order valence-corrected chi connectivity index (χ2v) is 8.54. The van der Waals surface area contributed by atoms with Crippen molar-refractivity contribution < 1.29 is 9.53 Å². The lowest BCUT2D eigenvalue weighted by atomic mass is 9.69. The van der Waals surface area contributed by atoms with E-state index in [1.54, 1.807) is 0 Å². The molecule has 0 aromatic heterocycles.